The van der Waals surface area contributed by atoms with E-state index in [4.69, 9.17) is 9.47 Å². The second kappa shape index (κ2) is 10.2. The highest BCUT2D eigenvalue weighted by molar-refractivity contribution is 6.12. The van der Waals surface area contributed by atoms with E-state index in [1.807, 2.05) is 0 Å². The lowest BCUT2D eigenvalue weighted by atomic mass is 9.86. The van der Waals surface area contributed by atoms with Crippen LogP contribution in [0.25, 0.3) is 0 Å². The summed E-state index contributed by atoms with van der Waals surface area (Å²) in [6.07, 6.45) is 4.85. The number of rotatable bonds is 8. The third kappa shape index (κ3) is 4.73. The fraction of sp³-hybridized carbons (Fsp3) is 0.480. The van der Waals surface area contributed by atoms with Crippen molar-refractivity contribution in [3.63, 3.8) is 0 Å². The van der Waals surface area contributed by atoms with E-state index in [2.05, 4.69) is 0 Å². The molecule has 0 aromatic heterocycles. The Labute approximate surface area is 197 Å². The molecule has 0 unspecified atom stereocenters. The smallest absolute Gasteiger partial charge is 0.338 e. The number of hydrogen-bond acceptors (Lipinski definition) is 7. The first-order valence-corrected chi connectivity index (χ1v) is 11.6. The molecular formula is C25H28N2O7. The Kier molecular flexibility index (Phi) is 7.09. The quantitative estimate of drug-likeness (QED) is 0.325. The number of esters is 2. The molecule has 3 aliphatic rings. The first kappa shape index (κ1) is 23.7. The number of fused-ring (bicyclic) bond motifs is 2. The van der Waals surface area contributed by atoms with Crippen molar-refractivity contribution in [2.45, 2.75) is 56.7 Å². The standard InChI is InChI=1S/C25H28N2O7/c1-33-25(32)23-18-11-10-17(15-19(23)34-24(31)16-7-3-2-4-8-16)27(18)22(30)9-5-6-14-26-20(28)12-13-21(26)29/h2-4,7-8,12-13,17-19,23H,5-6,9-11,14-15H2,1H3/t17-,18+,19-,23+/m0/s1. The van der Waals surface area contributed by atoms with Crippen LogP contribution in [0.5, 0.6) is 0 Å². The van der Waals surface area contributed by atoms with E-state index in [0.29, 0.717) is 31.2 Å². The van der Waals surface area contributed by atoms with E-state index in [9.17, 15) is 24.0 Å². The molecular weight excluding hydrogens is 440 g/mol. The fourth-order valence-electron chi connectivity index (χ4n) is 5.22. The zero-order valence-electron chi connectivity index (χ0n) is 19.1. The Morgan fingerprint density at radius 3 is 2.38 bits per heavy atom. The molecule has 9 heteroatoms. The number of ether oxygens (including phenoxy) is 2. The zero-order valence-corrected chi connectivity index (χ0v) is 19.1. The van der Waals surface area contributed by atoms with Gasteiger partial charge in [0.1, 0.15) is 12.0 Å². The average Bonchev–Trinajstić information content (AvgIpc) is 3.33. The normalized spacial score (nSPS) is 25.6. The molecule has 4 rings (SSSR count). The Hall–Kier alpha value is -3.49. The van der Waals surface area contributed by atoms with Crippen LogP contribution in [-0.4, -0.2) is 71.3 Å². The first-order valence-electron chi connectivity index (χ1n) is 11.6. The van der Waals surface area contributed by atoms with Crippen molar-refractivity contribution in [2.75, 3.05) is 13.7 Å². The largest absolute Gasteiger partial charge is 0.469 e. The topological polar surface area (TPSA) is 110 Å². The number of unbranched alkanes of at least 4 members (excludes halogenated alkanes) is 1. The molecule has 0 radical (unpaired) electrons. The fourth-order valence-corrected chi connectivity index (χ4v) is 5.22. The predicted octanol–water partition coefficient (Wildman–Crippen LogP) is 1.86. The van der Waals surface area contributed by atoms with Gasteiger partial charge in [-0.05, 0) is 37.8 Å². The molecule has 9 nitrogen and oxygen atoms in total. The monoisotopic (exact) mass is 468 g/mol. The molecule has 2 saturated heterocycles. The maximum atomic E-state index is 13.1. The minimum absolute atomic E-state index is 0.0774. The molecule has 180 valence electrons. The first-order chi connectivity index (χ1) is 16.4. The summed E-state index contributed by atoms with van der Waals surface area (Å²) in [5.74, 6) is -2.48. The van der Waals surface area contributed by atoms with Crippen molar-refractivity contribution in [1.29, 1.82) is 0 Å². The number of hydrogen-bond donors (Lipinski definition) is 0. The molecule has 3 heterocycles. The molecule has 1 aromatic carbocycles. The highest BCUT2D eigenvalue weighted by Gasteiger charge is 2.53. The Bertz CT molecular complexity index is 988. The van der Waals surface area contributed by atoms with Gasteiger partial charge >= 0.3 is 11.9 Å². The van der Waals surface area contributed by atoms with E-state index in [0.717, 1.165) is 11.3 Å². The summed E-state index contributed by atoms with van der Waals surface area (Å²) in [5.41, 5.74) is 0.405. The van der Waals surface area contributed by atoms with Crippen molar-refractivity contribution < 1.29 is 33.4 Å². The summed E-state index contributed by atoms with van der Waals surface area (Å²) < 4.78 is 10.8. The summed E-state index contributed by atoms with van der Waals surface area (Å²) in [4.78, 5) is 64.6. The lowest BCUT2D eigenvalue weighted by Gasteiger charge is -2.42. The zero-order chi connectivity index (χ0) is 24.2. The van der Waals surface area contributed by atoms with Crippen LogP contribution in [0.15, 0.2) is 42.5 Å². The molecule has 3 amide bonds. The Morgan fingerprint density at radius 1 is 1.00 bits per heavy atom. The number of piperidine rings is 1. The third-order valence-corrected chi connectivity index (χ3v) is 6.82. The maximum Gasteiger partial charge on any atom is 0.338 e. The second-order valence-corrected chi connectivity index (χ2v) is 8.81. The summed E-state index contributed by atoms with van der Waals surface area (Å²) >= 11 is 0. The predicted molar refractivity (Wildman–Crippen MR) is 119 cm³/mol. The van der Waals surface area contributed by atoms with Crippen LogP contribution < -0.4 is 0 Å². The lowest BCUT2D eigenvalue weighted by molar-refractivity contribution is -0.160. The van der Waals surface area contributed by atoms with Crippen LogP contribution in [0, 0.1) is 5.92 Å². The molecule has 1 aromatic rings. The summed E-state index contributed by atoms with van der Waals surface area (Å²) in [6.45, 7) is 0.271. The van der Waals surface area contributed by atoms with E-state index < -0.39 is 30.0 Å². The van der Waals surface area contributed by atoms with Gasteiger partial charge in [-0.2, -0.15) is 0 Å². The van der Waals surface area contributed by atoms with Crippen molar-refractivity contribution in [3.05, 3.63) is 48.0 Å². The summed E-state index contributed by atoms with van der Waals surface area (Å²) in [6, 6.07) is 8.09. The van der Waals surface area contributed by atoms with Gasteiger partial charge in [0.2, 0.25) is 5.91 Å². The van der Waals surface area contributed by atoms with E-state index in [-0.39, 0.29) is 36.7 Å². The Balaban J connectivity index is 1.38. The second-order valence-electron chi connectivity index (χ2n) is 8.81. The van der Waals surface area contributed by atoms with Gasteiger partial charge < -0.3 is 14.4 Å². The number of amides is 3. The van der Waals surface area contributed by atoms with Gasteiger partial charge in [0.25, 0.3) is 11.8 Å². The Morgan fingerprint density at radius 2 is 1.71 bits per heavy atom. The highest BCUT2D eigenvalue weighted by Crippen LogP contribution is 2.42. The molecule has 3 aliphatic heterocycles. The van der Waals surface area contributed by atoms with Gasteiger partial charge in [0, 0.05) is 43.6 Å². The van der Waals surface area contributed by atoms with Gasteiger partial charge in [-0.15, -0.1) is 0 Å². The van der Waals surface area contributed by atoms with Crippen LogP contribution in [0.1, 0.15) is 48.9 Å². The maximum absolute atomic E-state index is 13.1. The van der Waals surface area contributed by atoms with Gasteiger partial charge in [0.05, 0.1) is 12.7 Å². The van der Waals surface area contributed by atoms with E-state index in [1.165, 1.54) is 19.3 Å². The third-order valence-electron chi connectivity index (χ3n) is 6.82. The summed E-state index contributed by atoms with van der Waals surface area (Å²) in [7, 11) is 1.29. The van der Waals surface area contributed by atoms with Crippen LogP contribution in [0.3, 0.4) is 0 Å². The average molecular weight is 469 g/mol. The molecule has 34 heavy (non-hydrogen) atoms. The minimum atomic E-state index is -0.744. The van der Waals surface area contributed by atoms with Gasteiger partial charge in [-0.1, -0.05) is 18.2 Å². The van der Waals surface area contributed by atoms with Gasteiger partial charge in [-0.3, -0.25) is 24.1 Å². The number of methoxy groups -OCH3 is 1. The highest BCUT2D eigenvalue weighted by atomic mass is 16.6. The number of carbonyl (C=O) groups excluding carboxylic acids is 5. The number of carbonyl (C=O) groups is 5. The van der Waals surface area contributed by atoms with Gasteiger partial charge in [-0.25, -0.2) is 4.79 Å². The molecule has 2 bridgehead atoms. The SMILES string of the molecule is COC(=O)[C@H]1[C@@H](OC(=O)c2ccccc2)C[C@@H]2CC[C@H]1N2C(=O)CCCCN1C(=O)C=CC1=O. The lowest BCUT2D eigenvalue weighted by Crippen LogP contribution is -2.56. The molecule has 2 fully saturated rings. The number of benzene rings is 1. The van der Waals surface area contributed by atoms with Crippen LogP contribution in [0.4, 0.5) is 0 Å². The van der Waals surface area contributed by atoms with E-state index >= 15 is 0 Å². The molecule has 0 N–H and O–H groups in total. The van der Waals surface area contributed by atoms with Crippen LogP contribution >= 0.6 is 0 Å². The molecule has 0 spiro atoms. The number of imide groups is 1. The van der Waals surface area contributed by atoms with Gasteiger partial charge in [0.15, 0.2) is 0 Å². The van der Waals surface area contributed by atoms with Crippen LogP contribution in [-0.2, 0) is 28.7 Å². The van der Waals surface area contributed by atoms with Crippen LogP contribution in [0.2, 0.25) is 0 Å². The minimum Gasteiger partial charge on any atom is -0.469 e. The van der Waals surface area contributed by atoms with Crippen molar-refractivity contribution in [3.8, 4) is 0 Å². The molecule has 0 aliphatic carbocycles. The number of nitrogens with zero attached hydrogens (tertiary/aromatic N) is 2. The molecule has 4 atom stereocenters. The summed E-state index contributed by atoms with van der Waals surface area (Å²) in [5, 5.41) is 0. The van der Waals surface area contributed by atoms with Crippen molar-refractivity contribution in [2.24, 2.45) is 5.92 Å². The van der Waals surface area contributed by atoms with E-state index in [1.54, 1.807) is 35.2 Å². The van der Waals surface area contributed by atoms with Crippen molar-refractivity contribution in [1.82, 2.24) is 9.80 Å². The molecule has 0 saturated carbocycles. The van der Waals surface area contributed by atoms with Crippen molar-refractivity contribution >= 4 is 29.7 Å².